The fourth-order valence-corrected chi connectivity index (χ4v) is 2.48. The molecule has 0 spiro atoms. The third kappa shape index (κ3) is 5.48. The van der Waals surface area contributed by atoms with Crippen LogP contribution in [0.3, 0.4) is 0 Å². The van der Waals surface area contributed by atoms with E-state index < -0.39 is 0 Å². The largest absolute Gasteiger partial charge is 0.485 e. The molecule has 0 heterocycles. The summed E-state index contributed by atoms with van der Waals surface area (Å²) < 4.78 is 5.51. The topological polar surface area (TPSA) is 41.9 Å². The molecule has 0 N–H and O–H groups in total. The van der Waals surface area contributed by atoms with E-state index >= 15 is 0 Å². The zero-order valence-corrected chi connectivity index (χ0v) is 15.9. The predicted molar refractivity (Wildman–Crippen MR) is 104 cm³/mol. The van der Waals surface area contributed by atoms with E-state index in [0.717, 1.165) is 12.1 Å². The summed E-state index contributed by atoms with van der Waals surface area (Å²) >= 11 is 12.2. The molecule has 0 bridgehead atoms. The zero-order chi connectivity index (χ0) is 18.4. The van der Waals surface area contributed by atoms with Gasteiger partial charge in [0, 0.05) is 24.2 Å². The van der Waals surface area contributed by atoms with Crippen LogP contribution in [-0.2, 0) is 0 Å². The minimum atomic E-state index is -0.152. The van der Waals surface area contributed by atoms with E-state index in [1.807, 2.05) is 25.8 Å². The molecule has 0 saturated heterocycles. The number of benzene rings is 2. The highest BCUT2D eigenvalue weighted by Gasteiger charge is 2.13. The van der Waals surface area contributed by atoms with Crippen molar-refractivity contribution >= 4 is 41.0 Å². The number of hydrogen-bond acceptors (Lipinski definition) is 3. The molecule has 0 aliphatic rings. The lowest BCUT2D eigenvalue weighted by atomic mass is 10.0. The molecule has 2 aromatic carbocycles. The van der Waals surface area contributed by atoms with Crippen LogP contribution in [0.25, 0.3) is 0 Å². The van der Waals surface area contributed by atoms with Crippen molar-refractivity contribution in [3.05, 3.63) is 57.6 Å². The van der Waals surface area contributed by atoms with E-state index in [0.29, 0.717) is 27.0 Å². The van der Waals surface area contributed by atoms with Crippen molar-refractivity contribution in [2.45, 2.75) is 13.8 Å². The van der Waals surface area contributed by atoms with Gasteiger partial charge in [0.25, 0.3) is 0 Å². The van der Waals surface area contributed by atoms with Gasteiger partial charge in [0.15, 0.2) is 6.61 Å². The lowest BCUT2D eigenvalue weighted by Crippen LogP contribution is -2.14. The molecule has 0 radical (unpaired) electrons. The van der Waals surface area contributed by atoms with Crippen LogP contribution < -0.4 is 4.74 Å². The number of aliphatic imine (C=N–C) groups is 1. The summed E-state index contributed by atoms with van der Waals surface area (Å²) in [7, 11) is 1.93. The summed E-state index contributed by atoms with van der Waals surface area (Å²) in [5, 5.41) is 0.987. The van der Waals surface area contributed by atoms with Crippen LogP contribution in [0.1, 0.15) is 22.8 Å². The lowest BCUT2D eigenvalue weighted by molar-refractivity contribution is 0.0921. The van der Waals surface area contributed by atoms with Gasteiger partial charge in [-0.2, -0.15) is 0 Å². The third-order valence-corrected chi connectivity index (χ3v) is 4.19. The molecule has 2 rings (SSSR count). The minimum absolute atomic E-state index is 0.0846. The highest BCUT2D eigenvalue weighted by atomic mass is 35.5. The number of Topliss-reactive ketones (excluding diaryl/α,β-unsaturated/α-hetero) is 1. The van der Waals surface area contributed by atoms with Gasteiger partial charge in [-0.3, -0.25) is 4.79 Å². The molecular weight excluding hydrogens is 359 g/mol. The second kappa shape index (κ2) is 8.88. The standard InChI is InChI=1S/C19H20Cl2N2O2/c1-4-23(3)12-22-18-8-13(2)16(10-17(18)21)19(24)11-25-15-7-5-6-14(20)9-15/h5-10,12H,4,11H2,1-3H3/b22-12-. The average molecular weight is 379 g/mol. The summed E-state index contributed by atoms with van der Waals surface area (Å²) in [6, 6.07) is 10.4. The van der Waals surface area contributed by atoms with Gasteiger partial charge >= 0.3 is 0 Å². The number of hydrogen-bond donors (Lipinski definition) is 0. The second-order valence-corrected chi connectivity index (χ2v) is 6.45. The minimum Gasteiger partial charge on any atom is -0.485 e. The Kier molecular flexibility index (Phi) is 6.85. The molecule has 0 amide bonds. The first-order chi connectivity index (χ1) is 11.9. The van der Waals surface area contributed by atoms with Crippen molar-refractivity contribution in [3.63, 3.8) is 0 Å². The number of ketones is 1. The first-order valence-corrected chi connectivity index (χ1v) is 8.62. The zero-order valence-electron chi connectivity index (χ0n) is 14.4. The maximum Gasteiger partial charge on any atom is 0.200 e. The number of halogens is 2. The molecule has 132 valence electrons. The molecule has 0 aliphatic carbocycles. The third-order valence-electron chi connectivity index (χ3n) is 3.65. The maximum atomic E-state index is 12.4. The smallest absolute Gasteiger partial charge is 0.200 e. The van der Waals surface area contributed by atoms with Gasteiger partial charge in [-0.05, 0) is 49.7 Å². The molecule has 0 aromatic heterocycles. The van der Waals surface area contributed by atoms with Gasteiger partial charge in [0.05, 0.1) is 17.0 Å². The van der Waals surface area contributed by atoms with Crippen molar-refractivity contribution in [2.75, 3.05) is 20.2 Å². The summed E-state index contributed by atoms with van der Waals surface area (Å²) in [6.45, 7) is 4.64. The SMILES string of the molecule is CCN(C)/C=N\c1cc(C)c(C(=O)COc2cccc(Cl)c2)cc1Cl. The number of aryl methyl sites for hydroxylation is 1. The Hall–Kier alpha value is -2.04. The van der Waals surface area contributed by atoms with Crippen molar-refractivity contribution in [3.8, 4) is 5.75 Å². The summed E-state index contributed by atoms with van der Waals surface area (Å²) in [6.07, 6.45) is 1.71. The number of carbonyl (C=O) groups excluding carboxylic acids is 1. The average Bonchev–Trinajstić information content (AvgIpc) is 2.59. The van der Waals surface area contributed by atoms with Crippen LogP contribution in [0.2, 0.25) is 10.0 Å². The molecule has 0 atom stereocenters. The first kappa shape index (κ1) is 19.3. The summed E-state index contributed by atoms with van der Waals surface area (Å²) in [4.78, 5) is 18.7. The van der Waals surface area contributed by atoms with Crippen LogP contribution in [-0.4, -0.2) is 37.2 Å². The molecule has 6 heteroatoms. The number of ether oxygens (including phenoxy) is 1. The van der Waals surface area contributed by atoms with Crippen molar-refractivity contribution in [1.29, 1.82) is 0 Å². The first-order valence-electron chi connectivity index (χ1n) is 7.87. The predicted octanol–water partition coefficient (Wildman–Crippen LogP) is 5.18. The summed E-state index contributed by atoms with van der Waals surface area (Å²) in [5.74, 6) is 0.397. The van der Waals surface area contributed by atoms with E-state index in [1.165, 1.54) is 0 Å². The molecule has 2 aromatic rings. The highest BCUT2D eigenvalue weighted by molar-refractivity contribution is 6.33. The monoisotopic (exact) mass is 378 g/mol. The van der Waals surface area contributed by atoms with E-state index in [2.05, 4.69) is 4.99 Å². The molecule has 4 nitrogen and oxygen atoms in total. The van der Waals surface area contributed by atoms with Gasteiger partial charge < -0.3 is 9.64 Å². The molecule has 0 aliphatic heterocycles. The molecule has 0 unspecified atom stereocenters. The van der Waals surface area contributed by atoms with Crippen LogP contribution in [0, 0.1) is 6.92 Å². The second-order valence-electron chi connectivity index (χ2n) is 5.61. The fourth-order valence-electron chi connectivity index (χ4n) is 2.09. The van der Waals surface area contributed by atoms with Crippen molar-refractivity contribution < 1.29 is 9.53 Å². The van der Waals surface area contributed by atoms with Crippen LogP contribution in [0.4, 0.5) is 5.69 Å². The number of carbonyl (C=O) groups is 1. The fraction of sp³-hybridized carbons (Fsp3) is 0.263. The number of rotatable bonds is 7. The van der Waals surface area contributed by atoms with Crippen LogP contribution in [0.15, 0.2) is 41.4 Å². The Morgan fingerprint density at radius 2 is 2.04 bits per heavy atom. The van der Waals surface area contributed by atoms with Crippen LogP contribution in [0.5, 0.6) is 5.75 Å². The quantitative estimate of drug-likeness (QED) is 0.378. The van der Waals surface area contributed by atoms with Gasteiger partial charge in [0.2, 0.25) is 5.78 Å². The highest BCUT2D eigenvalue weighted by Crippen LogP contribution is 2.29. The van der Waals surface area contributed by atoms with Crippen LogP contribution >= 0.6 is 23.2 Å². The Morgan fingerprint density at radius 3 is 2.72 bits per heavy atom. The Labute approximate surface area is 158 Å². The molecular formula is C19H20Cl2N2O2. The molecule has 0 saturated carbocycles. The number of nitrogens with zero attached hydrogens (tertiary/aromatic N) is 2. The maximum absolute atomic E-state index is 12.4. The normalized spacial score (nSPS) is 10.9. The van der Waals surface area contributed by atoms with Gasteiger partial charge in [-0.25, -0.2) is 4.99 Å². The molecule has 25 heavy (non-hydrogen) atoms. The van der Waals surface area contributed by atoms with E-state index in [1.54, 1.807) is 42.7 Å². The Bertz CT molecular complexity index is 791. The van der Waals surface area contributed by atoms with Gasteiger partial charge in [0.1, 0.15) is 5.75 Å². The Morgan fingerprint density at radius 1 is 1.28 bits per heavy atom. The summed E-state index contributed by atoms with van der Waals surface area (Å²) in [5.41, 5.74) is 1.96. The van der Waals surface area contributed by atoms with Gasteiger partial charge in [-0.15, -0.1) is 0 Å². The van der Waals surface area contributed by atoms with E-state index in [4.69, 9.17) is 27.9 Å². The van der Waals surface area contributed by atoms with Crippen molar-refractivity contribution in [2.24, 2.45) is 4.99 Å². The van der Waals surface area contributed by atoms with E-state index in [9.17, 15) is 4.79 Å². The Balaban J connectivity index is 2.12. The molecule has 0 fully saturated rings. The lowest BCUT2D eigenvalue weighted by Gasteiger charge is -2.11. The van der Waals surface area contributed by atoms with Crippen molar-refractivity contribution in [1.82, 2.24) is 4.90 Å². The van der Waals surface area contributed by atoms with E-state index in [-0.39, 0.29) is 12.4 Å². The van der Waals surface area contributed by atoms with Gasteiger partial charge in [-0.1, -0.05) is 29.3 Å².